The molecule has 1 N–H and O–H groups in total. The number of ether oxygens (including phenoxy) is 1. The fourth-order valence-electron chi connectivity index (χ4n) is 1.07. The lowest BCUT2D eigenvalue weighted by Crippen LogP contribution is -2.51. The fourth-order valence-corrected chi connectivity index (χ4v) is 5.09. The molecule has 0 aromatic heterocycles. The average Bonchev–Trinajstić information content (AvgIpc) is 2.01. The highest BCUT2D eigenvalue weighted by molar-refractivity contribution is 6.79. The van der Waals surface area contributed by atoms with Crippen molar-refractivity contribution in [2.24, 2.45) is 0 Å². The summed E-state index contributed by atoms with van der Waals surface area (Å²) in [7, 11) is -2.20. The number of aliphatic hydroxyl groups excluding tert-OH is 1. The lowest BCUT2D eigenvalue weighted by molar-refractivity contribution is 0.0914. The first-order chi connectivity index (χ1) is 5.77. The van der Waals surface area contributed by atoms with E-state index in [9.17, 15) is 0 Å². The van der Waals surface area contributed by atoms with E-state index >= 15 is 0 Å². The van der Waals surface area contributed by atoms with Crippen molar-refractivity contribution >= 4 is 18.6 Å². The Morgan fingerprint density at radius 3 is 2.67 bits per heavy atom. The van der Waals surface area contributed by atoms with Gasteiger partial charge in [-0.15, -0.1) is 0 Å². The predicted molar refractivity (Wildman–Crippen MR) is 49.7 cm³/mol. The van der Waals surface area contributed by atoms with E-state index < -0.39 is 18.6 Å². The molecule has 0 amide bonds. The number of hydrogen-bond donors (Lipinski definition) is 1. The molecule has 72 valence electrons. The minimum absolute atomic E-state index is 0.106. The molecular formula is C6H16O4Si2. The van der Waals surface area contributed by atoms with Crippen LogP contribution in [0.25, 0.3) is 0 Å². The Bertz CT molecular complexity index is 129. The second-order valence-electron chi connectivity index (χ2n) is 2.98. The Kier molecular flexibility index (Phi) is 4.40. The van der Waals surface area contributed by atoms with Crippen molar-refractivity contribution in [2.45, 2.75) is 19.0 Å². The number of rotatable bonds is 6. The van der Waals surface area contributed by atoms with Crippen LogP contribution in [0, 0.1) is 0 Å². The maximum Gasteiger partial charge on any atom is 0.316 e. The molecule has 6 heteroatoms. The van der Waals surface area contributed by atoms with Crippen LogP contribution in [0.15, 0.2) is 0 Å². The van der Waals surface area contributed by atoms with E-state index in [1.165, 1.54) is 0 Å². The minimum atomic E-state index is -1.64. The molecule has 1 aliphatic rings. The van der Waals surface area contributed by atoms with Gasteiger partial charge in [0.25, 0.3) is 10.0 Å². The molecule has 4 nitrogen and oxygen atoms in total. The zero-order valence-corrected chi connectivity index (χ0v) is 9.83. The van der Waals surface area contributed by atoms with Gasteiger partial charge in [0.05, 0.1) is 13.2 Å². The molecule has 0 spiro atoms. The summed E-state index contributed by atoms with van der Waals surface area (Å²) in [6.07, 6.45) is 0.983. The van der Waals surface area contributed by atoms with E-state index in [1.54, 1.807) is 0 Å². The Balaban J connectivity index is 1.88. The van der Waals surface area contributed by atoms with E-state index in [0.717, 1.165) is 12.5 Å². The van der Waals surface area contributed by atoms with Crippen LogP contribution in [-0.2, 0) is 13.0 Å². The molecule has 12 heavy (non-hydrogen) atoms. The third-order valence-corrected chi connectivity index (χ3v) is 8.97. The summed E-state index contributed by atoms with van der Waals surface area (Å²) < 4.78 is 16.1. The normalized spacial score (nSPS) is 30.5. The molecule has 0 atom stereocenters. The van der Waals surface area contributed by atoms with Crippen LogP contribution in [0.4, 0.5) is 0 Å². The van der Waals surface area contributed by atoms with Crippen molar-refractivity contribution in [3.8, 4) is 0 Å². The van der Waals surface area contributed by atoms with Gasteiger partial charge in [-0.25, -0.2) is 0 Å². The van der Waals surface area contributed by atoms with Crippen LogP contribution in [0.3, 0.4) is 0 Å². The van der Waals surface area contributed by atoms with Crippen LogP contribution in [0.1, 0.15) is 6.42 Å². The third kappa shape index (κ3) is 3.34. The summed E-state index contributed by atoms with van der Waals surface area (Å²) in [5, 5.41) is 8.42. The van der Waals surface area contributed by atoms with Crippen LogP contribution in [-0.4, -0.2) is 43.5 Å². The van der Waals surface area contributed by atoms with Crippen LogP contribution in [0.2, 0.25) is 12.6 Å². The SMILES string of the molecule is C[Si]1(CCCOCCO)O[SiH2]O1. The molecule has 1 rings (SSSR count). The predicted octanol–water partition coefficient (Wildman–Crippen LogP) is -0.497. The summed E-state index contributed by atoms with van der Waals surface area (Å²) in [6.45, 7) is 3.34. The molecule has 0 aromatic rings. The number of aliphatic hydroxyl groups is 1. The van der Waals surface area contributed by atoms with Crippen LogP contribution >= 0.6 is 0 Å². The van der Waals surface area contributed by atoms with E-state index in [1.807, 2.05) is 0 Å². The lowest BCUT2D eigenvalue weighted by atomic mass is 10.5. The van der Waals surface area contributed by atoms with Crippen molar-refractivity contribution in [3.63, 3.8) is 0 Å². The molecule has 1 fully saturated rings. The van der Waals surface area contributed by atoms with Crippen molar-refractivity contribution in [1.29, 1.82) is 0 Å². The first-order valence-corrected chi connectivity index (χ1v) is 7.91. The molecule has 0 unspecified atom stereocenters. The molecule has 0 aromatic carbocycles. The Morgan fingerprint density at radius 2 is 2.17 bits per heavy atom. The monoisotopic (exact) mass is 208 g/mol. The average molecular weight is 208 g/mol. The first-order valence-electron chi connectivity index (χ1n) is 4.23. The van der Waals surface area contributed by atoms with Gasteiger partial charge >= 0.3 is 8.56 Å². The van der Waals surface area contributed by atoms with Gasteiger partial charge < -0.3 is 18.1 Å². The quantitative estimate of drug-likeness (QED) is 0.472. The second-order valence-corrected chi connectivity index (χ2v) is 8.29. The highest BCUT2D eigenvalue weighted by atomic mass is 28.5. The molecule has 0 saturated carbocycles. The van der Waals surface area contributed by atoms with Crippen LogP contribution < -0.4 is 0 Å². The molecule has 0 bridgehead atoms. The van der Waals surface area contributed by atoms with Gasteiger partial charge in [0.1, 0.15) is 0 Å². The largest absolute Gasteiger partial charge is 0.420 e. The first kappa shape index (κ1) is 10.4. The minimum Gasteiger partial charge on any atom is -0.420 e. The number of hydrogen-bond acceptors (Lipinski definition) is 4. The third-order valence-electron chi connectivity index (χ3n) is 1.88. The van der Waals surface area contributed by atoms with Gasteiger partial charge in [-0.2, -0.15) is 0 Å². The van der Waals surface area contributed by atoms with E-state index in [2.05, 4.69) is 6.55 Å². The molecule has 1 heterocycles. The van der Waals surface area contributed by atoms with Gasteiger partial charge in [0, 0.05) is 6.61 Å². The maximum absolute atomic E-state index is 8.42. The van der Waals surface area contributed by atoms with Gasteiger partial charge in [0.2, 0.25) is 0 Å². The molecule has 0 radical (unpaired) electrons. The lowest BCUT2D eigenvalue weighted by Gasteiger charge is -2.36. The topological polar surface area (TPSA) is 47.9 Å². The van der Waals surface area contributed by atoms with Gasteiger partial charge in [-0.3, -0.25) is 0 Å². The van der Waals surface area contributed by atoms with Crippen molar-refractivity contribution in [2.75, 3.05) is 19.8 Å². The van der Waals surface area contributed by atoms with Gasteiger partial charge in [0.15, 0.2) is 0 Å². The second kappa shape index (κ2) is 5.10. The van der Waals surface area contributed by atoms with Crippen LogP contribution in [0.5, 0.6) is 0 Å². The fraction of sp³-hybridized carbons (Fsp3) is 1.00. The Labute approximate surface area is 76.1 Å². The highest BCUT2D eigenvalue weighted by Crippen LogP contribution is 2.21. The standard InChI is InChI=1S/C6H16O4Si2/c1-12(9-11-10-12)6-2-4-8-5-3-7/h7H,2-6,11H2,1H3. The van der Waals surface area contributed by atoms with Gasteiger partial charge in [-0.1, -0.05) is 0 Å². The summed E-state index contributed by atoms with van der Waals surface area (Å²) in [4.78, 5) is 0. The molecule has 1 saturated heterocycles. The Morgan fingerprint density at radius 1 is 1.42 bits per heavy atom. The molecule has 0 aliphatic carbocycles. The van der Waals surface area contributed by atoms with E-state index in [4.69, 9.17) is 18.1 Å². The van der Waals surface area contributed by atoms with Crippen molar-refractivity contribution < 1.29 is 18.1 Å². The molecular weight excluding hydrogens is 192 g/mol. The Hall–Kier alpha value is 0.274. The van der Waals surface area contributed by atoms with E-state index in [0.29, 0.717) is 13.2 Å². The summed E-state index contributed by atoms with van der Waals surface area (Å²) in [5.74, 6) is 0. The zero-order chi connectivity index (χ0) is 8.86. The van der Waals surface area contributed by atoms with E-state index in [-0.39, 0.29) is 6.61 Å². The smallest absolute Gasteiger partial charge is 0.316 e. The van der Waals surface area contributed by atoms with Gasteiger partial charge in [-0.05, 0) is 19.0 Å². The summed E-state index contributed by atoms with van der Waals surface area (Å²) in [6, 6.07) is 1.02. The zero-order valence-electron chi connectivity index (χ0n) is 7.41. The summed E-state index contributed by atoms with van der Waals surface area (Å²) >= 11 is 0. The summed E-state index contributed by atoms with van der Waals surface area (Å²) in [5.41, 5.74) is 0. The maximum atomic E-state index is 8.42. The highest BCUT2D eigenvalue weighted by Gasteiger charge is 2.37. The molecule has 1 aliphatic heterocycles. The van der Waals surface area contributed by atoms with Crippen molar-refractivity contribution in [3.05, 3.63) is 0 Å². The van der Waals surface area contributed by atoms with Crippen molar-refractivity contribution in [1.82, 2.24) is 0 Å².